The van der Waals surface area contributed by atoms with Crippen molar-refractivity contribution in [3.05, 3.63) is 36.0 Å². The highest BCUT2D eigenvalue weighted by atomic mass is 19.1. The number of halogens is 2. The average Bonchev–Trinajstić information content (AvgIpc) is 3.32. The van der Waals surface area contributed by atoms with Crippen molar-refractivity contribution >= 4 is 22.9 Å². The van der Waals surface area contributed by atoms with Gasteiger partial charge in [-0.15, -0.1) is 5.10 Å². The molecule has 3 atom stereocenters. The van der Waals surface area contributed by atoms with Crippen molar-refractivity contribution in [2.45, 2.75) is 57.8 Å². The van der Waals surface area contributed by atoms with Gasteiger partial charge in [-0.3, -0.25) is 9.89 Å². The summed E-state index contributed by atoms with van der Waals surface area (Å²) in [6.45, 7) is 10.8. The zero-order chi connectivity index (χ0) is 25.2. The first-order chi connectivity index (χ1) is 17.2. The van der Waals surface area contributed by atoms with Gasteiger partial charge in [0.05, 0.1) is 65.3 Å². The Bertz CT molecular complexity index is 1350. The normalized spacial score (nSPS) is 25.6. The third-order valence-corrected chi connectivity index (χ3v) is 7.80. The quantitative estimate of drug-likeness (QED) is 0.566. The van der Waals surface area contributed by atoms with Crippen LogP contribution in [0.5, 0.6) is 0 Å². The molecule has 2 saturated heterocycles. The molecule has 3 aromatic heterocycles. The monoisotopic (exact) mass is 495 g/mol. The summed E-state index contributed by atoms with van der Waals surface area (Å²) in [5.74, 6) is 0.289. The maximum atomic E-state index is 15.2. The number of piperidine rings is 1. The first-order valence-electron chi connectivity index (χ1n) is 12.6. The summed E-state index contributed by atoms with van der Waals surface area (Å²) in [5, 5.41) is 7.56. The predicted molar refractivity (Wildman–Crippen MR) is 134 cm³/mol. The van der Waals surface area contributed by atoms with Gasteiger partial charge in [0.2, 0.25) is 5.95 Å². The second kappa shape index (κ2) is 8.55. The van der Waals surface area contributed by atoms with Crippen LogP contribution in [0.25, 0.3) is 16.8 Å². The van der Waals surface area contributed by atoms with Crippen LogP contribution in [0.4, 0.5) is 20.4 Å². The molecule has 2 fully saturated rings. The number of hydrogen-bond donors (Lipinski definition) is 1. The third kappa shape index (κ3) is 3.78. The van der Waals surface area contributed by atoms with Gasteiger partial charge in [-0.2, -0.15) is 0 Å². The summed E-state index contributed by atoms with van der Waals surface area (Å²) in [6, 6.07) is 3.28. The van der Waals surface area contributed by atoms with E-state index in [0.717, 1.165) is 23.6 Å². The van der Waals surface area contributed by atoms with Crippen molar-refractivity contribution in [3.8, 4) is 11.3 Å². The van der Waals surface area contributed by atoms with E-state index in [-0.39, 0.29) is 17.4 Å². The van der Waals surface area contributed by atoms with Crippen LogP contribution in [0.15, 0.2) is 29.5 Å². The van der Waals surface area contributed by atoms with Crippen LogP contribution < -0.4 is 5.32 Å². The van der Waals surface area contributed by atoms with Crippen molar-refractivity contribution in [3.63, 3.8) is 0 Å². The highest BCUT2D eigenvalue weighted by Gasteiger charge is 2.43. The molecule has 0 aromatic carbocycles. The lowest BCUT2D eigenvalue weighted by Gasteiger charge is -2.50. The van der Waals surface area contributed by atoms with E-state index in [2.05, 4.69) is 46.1 Å². The Hall–Kier alpha value is -2.98. The second-order valence-corrected chi connectivity index (χ2v) is 10.8. The van der Waals surface area contributed by atoms with Gasteiger partial charge in [-0.25, -0.2) is 23.3 Å². The Morgan fingerprint density at radius 3 is 2.75 bits per heavy atom. The maximum absolute atomic E-state index is 15.2. The van der Waals surface area contributed by atoms with Crippen LogP contribution in [0, 0.1) is 11.7 Å². The van der Waals surface area contributed by atoms with Crippen LogP contribution in [0.1, 0.15) is 45.7 Å². The predicted octanol–water partition coefficient (Wildman–Crippen LogP) is 4.39. The minimum absolute atomic E-state index is 0.0740. The molecule has 6 rings (SSSR count). The standard InChI is InChI=1S/C26H31F2N7O/c1-14(2)22-15(3)30-20-6-5-19(31-24(20)22)23-17(28)11-35-21(23)9-29-25(33-35)32-18-7-8-34(10-16(18)27)26(4)12-36-13-26/h5-6,9,11,14,16,18,22H,7-8,10,12-13H2,1-4H3,(H,32,33)/t16-,18+,22?/m1/s1. The SMILES string of the molecule is CC1=Nc2ccc(-c3c(F)cn4nc(N[C@H]5CCN(C6(C)COC6)C[C@H]5F)ncc34)nc2C1C(C)C. The molecule has 0 radical (unpaired) electrons. The fraction of sp³-hybridized carbons (Fsp3) is 0.538. The number of ether oxygens (including phenoxy) is 1. The lowest BCUT2D eigenvalue weighted by Crippen LogP contribution is -2.64. The topological polar surface area (TPSA) is 79.9 Å². The van der Waals surface area contributed by atoms with Crippen LogP contribution >= 0.6 is 0 Å². The van der Waals surface area contributed by atoms with E-state index in [1.807, 2.05) is 13.0 Å². The van der Waals surface area contributed by atoms with E-state index >= 15 is 8.78 Å². The first kappa shape index (κ1) is 23.4. The number of nitrogens with one attached hydrogen (secondary N) is 1. The molecule has 36 heavy (non-hydrogen) atoms. The molecular formula is C26H31F2N7O. The van der Waals surface area contributed by atoms with Crippen molar-refractivity contribution < 1.29 is 13.5 Å². The molecule has 0 aliphatic carbocycles. The van der Waals surface area contributed by atoms with Crippen LogP contribution in [-0.4, -0.2) is 74.2 Å². The largest absolute Gasteiger partial charge is 0.377 e. The van der Waals surface area contributed by atoms with E-state index in [1.54, 1.807) is 12.3 Å². The average molecular weight is 496 g/mol. The number of aliphatic imine (C=N–C) groups is 1. The molecule has 6 heterocycles. The minimum Gasteiger partial charge on any atom is -0.377 e. The number of nitrogens with zero attached hydrogens (tertiary/aromatic N) is 6. The molecule has 0 amide bonds. The maximum Gasteiger partial charge on any atom is 0.241 e. The van der Waals surface area contributed by atoms with Gasteiger partial charge in [0.25, 0.3) is 0 Å². The summed E-state index contributed by atoms with van der Waals surface area (Å²) < 4.78 is 37.0. The van der Waals surface area contributed by atoms with E-state index in [1.165, 1.54) is 10.7 Å². The molecule has 3 aromatic rings. The van der Waals surface area contributed by atoms with Crippen LogP contribution in [0.3, 0.4) is 0 Å². The summed E-state index contributed by atoms with van der Waals surface area (Å²) in [7, 11) is 0. The highest BCUT2D eigenvalue weighted by Crippen LogP contribution is 2.40. The first-order valence-corrected chi connectivity index (χ1v) is 12.6. The van der Waals surface area contributed by atoms with Crippen molar-refractivity contribution in [2.24, 2.45) is 10.9 Å². The van der Waals surface area contributed by atoms with Crippen LogP contribution in [0.2, 0.25) is 0 Å². The van der Waals surface area contributed by atoms with Gasteiger partial charge in [0.1, 0.15) is 6.17 Å². The lowest BCUT2D eigenvalue weighted by atomic mass is 9.89. The Labute approximate surface area is 208 Å². The lowest BCUT2D eigenvalue weighted by molar-refractivity contribution is -0.142. The van der Waals surface area contributed by atoms with E-state index in [0.29, 0.717) is 48.9 Å². The van der Waals surface area contributed by atoms with Crippen molar-refractivity contribution in [1.29, 1.82) is 0 Å². The summed E-state index contributed by atoms with van der Waals surface area (Å²) in [5.41, 5.74) is 4.05. The number of alkyl halides is 1. The number of rotatable bonds is 5. The van der Waals surface area contributed by atoms with E-state index in [9.17, 15) is 0 Å². The number of likely N-dealkylation sites (tertiary alicyclic amines) is 1. The molecule has 10 heteroatoms. The molecule has 0 bridgehead atoms. The molecule has 190 valence electrons. The van der Waals surface area contributed by atoms with E-state index in [4.69, 9.17) is 9.72 Å². The zero-order valence-corrected chi connectivity index (χ0v) is 21.0. The number of anilines is 1. The number of pyridine rings is 1. The van der Waals surface area contributed by atoms with Crippen molar-refractivity contribution in [2.75, 3.05) is 31.6 Å². The molecule has 3 aliphatic heterocycles. The molecule has 0 spiro atoms. The Morgan fingerprint density at radius 1 is 1.25 bits per heavy atom. The summed E-state index contributed by atoms with van der Waals surface area (Å²) in [6.07, 6.45) is 2.45. The number of aromatic nitrogens is 4. The molecule has 1 unspecified atom stereocenters. The van der Waals surface area contributed by atoms with Gasteiger partial charge in [-0.05, 0) is 38.3 Å². The van der Waals surface area contributed by atoms with E-state index < -0.39 is 18.0 Å². The molecule has 3 aliphatic rings. The summed E-state index contributed by atoms with van der Waals surface area (Å²) >= 11 is 0. The fourth-order valence-electron chi connectivity index (χ4n) is 5.74. The Balaban J connectivity index is 1.24. The fourth-order valence-corrected chi connectivity index (χ4v) is 5.74. The Morgan fingerprint density at radius 2 is 2.06 bits per heavy atom. The van der Waals surface area contributed by atoms with Gasteiger partial charge < -0.3 is 10.1 Å². The molecule has 8 nitrogen and oxygen atoms in total. The van der Waals surface area contributed by atoms with Gasteiger partial charge >= 0.3 is 0 Å². The van der Waals surface area contributed by atoms with Gasteiger partial charge in [0, 0.05) is 24.7 Å². The molecule has 1 N–H and O–H groups in total. The smallest absolute Gasteiger partial charge is 0.241 e. The van der Waals surface area contributed by atoms with Crippen LogP contribution in [-0.2, 0) is 4.74 Å². The second-order valence-electron chi connectivity index (χ2n) is 10.8. The highest BCUT2D eigenvalue weighted by molar-refractivity contribution is 5.96. The number of fused-ring (bicyclic) bond motifs is 2. The summed E-state index contributed by atoms with van der Waals surface area (Å²) in [4.78, 5) is 16.0. The van der Waals surface area contributed by atoms with Gasteiger partial charge in [-0.1, -0.05) is 13.8 Å². The minimum atomic E-state index is -1.07. The Kier molecular flexibility index (Phi) is 5.56. The zero-order valence-electron chi connectivity index (χ0n) is 21.0. The third-order valence-electron chi connectivity index (χ3n) is 7.80. The van der Waals surface area contributed by atoms with Gasteiger partial charge in [0.15, 0.2) is 5.82 Å². The molecule has 0 saturated carbocycles. The van der Waals surface area contributed by atoms with Crippen molar-refractivity contribution in [1.82, 2.24) is 24.5 Å². The number of hydrogen-bond acceptors (Lipinski definition) is 7. The molecular weight excluding hydrogens is 464 g/mol.